The molecular formula is C16H20N2O2. The maximum absolute atomic E-state index is 6.01. The lowest BCUT2D eigenvalue weighted by Crippen LogP contribution is -2.15. The van der Waals surface area contributed by atoms with Crippen LogP contribution in [0, 0.1) is 13.8 Å². The average molecular weight is 272 g/mol. The third kappa shape index (κ3) is 2.31. The summed E-state index contributed by atoms with van der Waals surface area (Å²) in [4.78, 5) is 0. The van der Waals surface area contributed by atoms with Gasteiger partial charge in [-0.25, -0.2) is 0 Å². The van der Waals surface area contributed by atoms with E-state index in [1.165, 1.54) is 11.1 Å². The third-order valence-corrected chi connectivity index (χ3v) is 4.15. The number of nitrogens with zero attached hydrogens (tertiary/aromatic N) is 1. The Morgan fingerprint density at radius 1 is 1.15 bits per heavy atom. The van der Waals surface area contributed by atoms with Crippen LogP contribution in [0.1, 0.15) is 35.6 Å². The fourth-order valence-electron chi connectivity index (χ4n) is 2.75. The molecule has 20 heavy (non-hydrogen) atoms. The van der Waals surface area contributed by atoms with E-state index in [1.54, 1.807) is 0 Å². The largest absolute Gasteiger partial charge is 0.381 e. The number of hydrogen-bond acceptors (Lipinski definition) is 4. The van der Waals surface area contributed by atoms with Gasteiger partial charge in [0.1, 0.15) is 0 Å². The van der Waals surface area contributed by atoms with Gasteiger partial charge in [-0.05, 0) is 43.4 Å². The lowest BCUT2D eigenvalue weighted by Gasteiger charge is -2.21. The average Bonchev–Trinajstić information content (AvgIpc) is 2.85. The molecule has 0 unspecified atom stereocenters. The van der Waals surface area contributed by atoms with Crippen molar-refractivity contribution in [2.24, 2.45) is 0 Å². The van der Waals surface area contributed by atoms with Gasteiger partial charge < -0.3 is 15.0 Å². The lowest BCUT2D eigenvalue weighted by atomic mass is 9.90. The van der Waals surface area contributed by atoms with E-state index >= 15 is 0 Å². The molecule has 0 saturated carbocycles. The Hall–Kier alpha value is -1.81. The van der Waals surface area contributed by atoms with E-state index in [-0.39, 0.29) is 0 Å². The number of benzene rings is 1. The number of aryl methyl sites for hydroxylation is 2. The van der Waals surface area contributed by atoms with Crippen LogP contribution in [0.3, 0.4) is 0 Å². The maximum Gasteiger partial charge on any atom is 0.230 e. The monoisotopic (exact) mass is 272 g/mol. The minimum Gasteiger partial charge on any atom is -0.381 e. The van der Waals surface area contributed by atoms with Gasteiger partial charge in [-0.3, -0.25) is 0 Å². The molecule has 0 amide bonds. The minimum absolute atomic E-state index is 0.376. The molecule has 1 aromatic heterocycles. The molecule has 0 aliphatic carbocycles. The number of aromatic nitrogens is 1. The van der Waals surface area contributed by atoms with Gasteiger partial charge in [-0.1, -0.05) is 23.4 Å². The van der Waals surface area contributed by atoms with Gasteiger partial charge in [-0.15, -0.1) is 0 Å². The van der Waals surface area contributed by atoms with E-state index < -0.39 is 0 Å². The summed E-state index contributed by atoms with van der Waals surface area (Å²) in [5.41, 5.74) is 11.6. The SMILES string of the molecule is Cc1ccc(-c2c(C3CCOCC3)noc2N)cc1C. The first-order valence-electron chi connectivity index (χ1n) is 7.07. The quantitative estimate of drug-likeness (QED) is 0.909. The molecule has 2 aromatic rings. The van der Waals surface area contributed by atoms with Crippen LogP contribution in [0.25, 0.3) is 11.1 Å². The van der Waals surface area contributed by atoms with Gasteiger partial charge >= 0.3 is 0 Å². The second-order valence-electron chi connectivity index (χ2n) is 5.49. The normalized spacial score (nSPS) is 16.5. The first kappa shape index (κ1) is 13.2. The van der Waals surface area contributed by atoms with Gasteiger partial charge in [0.05, 0.1) is 11.3 Å². The Labute approximate surface area is 118 Å². The van der Waals surface area contributed by atoms with Crippen molar-refractivity contribution in [1.82, 2.24) is 5.16 Å². The van der Waals surface area contributed by atoms with Gasteiger partial charge in [0.15, 0.2) is 0 Å². The summed E-state index contributed by atoms with van der Waals surface area (Å²) in [7, 11) is 0. The highest BCUT2D eigenvalue weighted by Gasteiger charge is 2.25. The fraction of sp³-hybridized carbons (Fsp3) is 0.438. The van der Waals surface area contributed by atoms with Crippen LogP contribution in [0.15, 0.2) is 22.7 Å². The summed E-state index contributed by atoms with van der Waals surface area (Å²) >= 11 is 0. The van der Waals surface area contributed by atoms with Crippen molar-refractivity contribution < 1.29 is 9.26 Å². The van der Waals surface area contributed by atoms with E-state index in [0.29, 0.717) is 11.8 Å². The summed E-state index contributed by atoms with van der Waals surface area (Å²) < 4.78 is 10.7. The Morgan fingerprint density at radius 2 is 1.90 bits per heavy atom. The Balaban J connectivity index is 2.03. The minimum atomic E-state index is 0.376. The molecule has 106 valence electrons. The number of nitrogens with two attached hydrogens (primary N) is 1. The molecule has 4 heteroatoms. The molecule has 1 aliphatic rings. The molecular weight excluding hydrogens is 252 g/mol. The molecule has 0 radical (unpaired) electrons. The number of hydrogen-bond donors (Lipinski definition) is 1. The van der Waals surface area contributed by atoms with Crippen LogP contribution < -0.4 is 5.73 Å². The van der Waals surface area contributed by atoms with Crippen molar-refractivity contribution in [3.8, 4) is 11.1 Å². The van der Waals surface area contributed by atoms with Crippen LogP contribution in [0.4, 0.5) is 5.88 Å². The second kappa shape index (κ2) is 5.29. The van der Waals surface area contributed by atoms with Crippen molar-refractivity contribution in [1.29, 1.82) is 0 Å². The van der Waals surface area contributed by atoms with Gasteiger partial charge in [0.25, 0.3) is 0 Å². The van der Waals surface area contributed by atoms with Crippen LogP contribution in [-0.4, -0.2) is 18.4 Å². The van der Waals surface area contributed by atoms with Gasteiger partial charge in [0, 0.05) is 19.1 Å². The smallest absolute Gasteiger partial charge is 0.230 e. The predicted octanol–water partition coefficient (Wildman–Crippen LogP) is 3.43. The predicted molar refractivity (Wildman–Crippen MR) is 78.6 cm³/mol. The second-order valence-corrected chi connectivity index (χ2v) is 5.49. The third-order valence-electron chi connectivity index (χ3n) is 4.15. The van der Waals surface area contributed by atoms with Crippen LogP contribution in [0.5, 0.6) is 0 Å². The van der Waals surface area contributed by atoms with Crippen LogP contribution in [-0.2, 0) is 4.74 Å². The summed E-state index contributed by atoms with van der Waals surface area (Å²) in [6.07, 6.45) is 1.95. The molecule has 4 nitrogen and oxygen atoms in total. The molecule has 2 heterocycles. The zero-order chi connectivity index (χ0) is 14.1. The molecule has 0 bridgehead atoms. The summed E-state index contributed by atoms with van der Waals surface area (Å²) in [6.45, 7) is 5.78. The van der Waals surface area contributed by atoms with Crippen LogP contribution in [0.2, 0.25) is 0 Å². The molecule has 1 aromatic carbocycles. The molecule has 1 aliphatic heterocycles. The topological polar surface area (TPSA) is 61.3 Å². The van der Waals surface area contributed by atoms with Crippen molar-refractivity contribution in [2.75, 3.05) is 18.9 Å². The first-order valence-corrected chi connectivity index (χ1v) is 7.07. The molecule has 2 N–H and O–H groups in total. The Morgan fingerprint density at radius 3 is 2.60 bits per heavy atom. The molecule has 0 atom stereocenters. The first-order chi connectivity index (χ1) is 9.66. The van der Waals surface area contributed by atoms with E-state index in [4.69, 9.17) is 15.0 Å². The standard InChI is InChI=1S/C16H20N2O2/c1-10-3-4-13(9-11(10)2)14-15(18-20-16(14)17)12-5-7-19-8-6-12/h3-4,9,12H,5-8,17H2,1-2H3. The van der Waals surface area contributed by atoms with Crippen LogP contribution >= 0.6 is 0 Å². The van der Waals surface area contributed by atoms with Crippen molar-refractivity contribution >= 4 is 5.88 Å². The fourth-order valence-corrected chi connectivity index (χ4v) is 2.75. The zero-order valence-electron chi connectivity index (χ0n) is 12.0. The highest BCUT2D eigenvalue weighted by Crippen LogP contribution is 2.38. The van der Waals surface area contributed by atoms with E-state index in [0.717, 1.165) is 42.9 Å². The highest BCUT2D eigenvalue weighted by atomic mass is 16.5. The molecule has 0 spiro atoms. The summed E-state index contributed by atoms with van der Waals surface area (Å²) in [6, 6.07) is 6.36. The van der Waals surface area contributed by atoms with E-state index in [1.807, 2.05) is 0 Å². The summed E-state index contributed by atoms with van der Waals surface area (Å²) in [5.74, 6) is 0.788. The number of rotatable bonds is 2. The molecule has 1 saturated heterocycles. The lowest BCUT2D eigenvalue weighted by molar-refractivity contribution is 0.0839. The van der Waals surface area contributed by atoms with Gasteiger partial charge in [0.2, 0.25) is 5.88 Å². The van der Waals surface area contributed by atoms with Crippen molar-refractivity contribution in [3.05, 3.63) is 35.0 Å². The summed E-state index contributed by atoms with van der Waals surface area (Å²) in [5, 5.41) is 4.21. The van der Waals surface area contributed by atoms with E-state index in [9.17, 15) is 0 Å². The van der Waals surface area contributed by atoms with Crippen molar-refractivity contribution in [2.45, 2.75) is 32.6 Å². The maximum atomic E-state index is 6.01. The number of ether oxygens (including phenoxy) is 1. The molecule has 3 rings (SSSR count). The molecule has 1 fully saturated rings. The Kier molecular flexibility index (Phi) is 3.49. The van der Waals surface area contributed by atoms with Gasteiger partial charge in [-0.2, -0.15) is 0 Å². The number of anilines is 1. The number of nitrogen functional groups attached to an aromatic ring is 1. The van der Waals surface area contributed by atoms with E-state index in [2.05, 4.69) is 37.2 Å². The van der Waals surface area contributed by atoms with Crippen molar-refractivity contribution in [3.63, 3.8) is 0 Å². The Bertz CT molecular complexity index is 613. The zero-order valence-corrected chi connectivity index (χ0v) is 12.0. The highest BCUT2D eigenvalue weighted by molar-refractivity contribution is 5.76.